The standard InChI is InChI=1S/C25H48O/c1-4-6-8-9-10-12-22-13-15-23(16-14-22)24-17-20-25(26-3,21-18-24)19-11-7-5-2/h22-24H,4-21H2,1-3H3/t22?,23?,24-,25+. The quantitative estimate of drug-likeness (QED) is 0.316. The summed E-state index contributed by atoms with van der Waals surface area (Å²) in [6.45, 7) is 4.62. The van der Waals surface area contributed by atoms with Crippen molar-refractivity contribution in [1.82, 2.24) is 0 Å². The van der Waals surface area contributed by atoms with Crippen molar-refractivity contribution < 1.29 is 4.74 Å². The molecule has 0 bridgehead atoms. The zero-order valence-electron chi connectivity index (χ0n) is 18.4. The maximum Gasteiger partial charge on any atom is 0.0679 e. The third-order valence-corrected chi connectivity index (χ3v) is 7.88. The van der Waals surface area contributed by atoms with E-state index in [1.54, 1.807) is 0 Å². The molecule has 1 nitrogen and oxygen atoms in total. The molecule has 0 saturated heterocycles. The molecule has 0 amide bonds. The second-order valence-electron chi connectivity index (χ2n) is 9.67. The molecule has 0 N–H and O–H groups in total. The van der Waals surface area contributed by atoms with Crippen LogP contribution in [0, 0.1) is 17.8 Å². The van der Waals surface area contributed by atoms with E-state index in [0.717, 1.165) is 17.8 Å². The SMILES string of the molecule is CCCCCCCC1CCC([C@H]2CC[C@@](CCCCC)(OC)CC2)CC1. The zero-order valence-corrected chi connectivity index (χ0v) is 18.4. The van der Waals surface area contributed by atoms with Crippen LogP contribution in [-0.4, -0.2) is 12.7 Å². The molecule has 1 heteroatoms. The number of hydrogen-bond donors (Lipinski definition) is 0. The highest BCUT2D eigenvalue weighted by Gasteiger charge is 2.38. The van der Waals surface area contributed by atoms with Crippen LogP contribution in [0.3, 0.4) is 0 Å². The van der Waals surface area contributed by atoms with E-state index in [1.807, 2.05) is 7.11 Å². The van der Waals surface area contributed by atoms with E-state index >= 15 is 0 Å². The Bertz CT molecular complexity index is 334. The fourth-order valence-electron chi connectivity index (χ4n) is 5.88. The van der Waals surface area contributed by atoms with E-state index in [0.29, 0.717) is 0 Å². The molecule has 0 unspecified atom stereocenters. The molecule has 0 aliphatic heterocycles. The third-order valence-electron chi connectivity index (χ3n) is 7.88. The lowest BCUT2D eigenvalue weighted by atomic mass is 9.67. The van der Waals surface area contributed by atoms with Crippen LogP contribution >= 0.6 is 0 Å². The first-order valence-corrected chi connectivity index (χ1v) is 12.3. The molecule has 2 aliphatic rings. The average molecular weight is 365 g/mol. The minimum Gasteiger partial charge on any atom is -0.378 e. The van der Waals surface area contributed by atoms with Crippen LogP contribution in [-0.2, 0) is 4.74 Å². The highest BCUT2D eigenvalue weighted by molar-refractivity contribution is 4.90. The highest BCUT2D eigenvalue weighted by atomic mass is 16.5. The number of ether oxygens (including phenoxy) is 1. The molecule has 0 aromatic heterocycles. The summed E-state index contributed by atoms with van der Waals surface area (Å²) >= 11 is 0. The third kappa shape index (κ3) is 7.17. The van der Waals surface area contributed by atoms with Gasteiger partial charge in [0, 0.05) is 7.11 Å². The molecular weight excluding hydrogens is 316 g/mol. The van der Waals surface area contributed by atoms with E-state index in [2.05, 4.69) is 13.8 Å². The first-order valence-electron chi connectivity index (χ1n) is 12.3. The molecule has 0 aromatic carbocycles. The van der Waals surface area contributed by atoms with Crippen molar-refractivity contribution in [2.45, 2.75) is 135 Å². The Hall–Kier alpha value is -0.0400. The summed E-state index contributed by atoms with van der Waals surface area (Å²) in [5, 5.41) is 0. The van der Waals surface area contributed by atoms with E-state index in [9.17, 15) is 0 Å². The monoisotopic (exact) mass is 364 g/mol. The van der Waals surface area contributed by atoms with Gasteiger partial charge in [0.25, 0.3) is 0 Å². The van der Waals surface area contributed by atoms with Crippen molar-refractivity contribution in [3.63, 3.8) is 0 Å². The van der Waals surface area contributed by atoms with Gasteiger partial charge in [-0.15, -0.1) is 0 Å². The lowest BCUT2D eigenvalue weighted by molar-refractivity contribution is -0.0639. The molecule has 0 heterocycles. The van der Waals surface area contributed by atoms with Crippen LogP contribution in [0.15, 0.2) is 0 Å². The van der Waals surface area contributed by atoms with E-state index in [-0.39, 0.29) is 5.60 Å². The summed E-state index contributed by atoms with van der Waals surface area (Å²) in [5.74, 6) is 3.11. The summed E-state index contributed by atoms with van der Waals surface area (Å²) in [5.41, 5.74) is 0.237. The second kappa shape index (κ2) is 12.4. The topological polar surface area (TPSA) is 9.23 Å². The van der Waals surface area contributed by atoms with Gasteiger partial charge in [-0.25, -0.2) is 0 Å². The van der Waals surface area contributed by atoms with Crippen molar-refractivity contribution in [1.29, 1.82) is 0 Å². The normalized spacial score (nSPS) is 32.7. The van der Waals surface area contributed by atoms with Gasteiger partial charge in [0.2, 0.25) is 0 Å². The molecule has 0 spiro atoms. The molecule has 0 atom stereocenters. The Morgan fingerprint density at radius 2 is 1.27 bits per heavy atom. The van der Waals surface area contributed by atoms with Crippen LogP contribution in [0.4, 0.5) is 0 Å². The van der Waals surface area contributed by atoms with Gasteiger partial charge in [0.15, 0.2) is 0 Å². The Morgan fingerprint density at radius 1 is 0.692 bits per heavy atom. The lowest BCUT2D eigenvalue weighted by Gasteiger charge is -2.43. The first kappa shape index (κ1) is 22.3. The lowest BCUT2D eigenvalue weighted by Crippen LogP contribution is -2.38. The van der Waals surface area contributed by atoms with Crippen LogP contribution in [0.25, 0.3) is 0 Å². The van der Waals surface area contributed by atoms with Crippen LogP contribution in [0.5, 0.6) is 0 Å². The summed E-state index contributed by atoms with van der Waals surface area (Å²) < 4.78 is 6.05. The summed E-state index contributed by atoms with van der Waals surface area (Å²) in [6.07, 6.45) is 25.8. The number of rotatable bonds is 12. The minimum atomic E-state index is 0.237. The maximum absolute atomic E-state index is 6.05. The van der Waals surface area contributed by atoms with Gasteiger partial charge >= 0.3 is 0 Å². The van der Waals surface area contributed by atoms with Gasteiger partial charge in [0.05, 0.1) is 5.60 Å². The van der Waals surface area contributed by atoms with Crippen LogP contribution < -0.4 is 0 Å². The van der Waals surface area contributed by atoms with Gasteiger partial charge in [-0.3, -0.25) is 0 Å². The number of methoxy groups -OCH3 is 1. The largest absolute Gasteiger partial charge is 0.378 e. The molecule has 2 rings (SSSR count). The second-order valence-corrected chi connectivity index (χ2v) is 9.67. The van der Waals surface area contributed by atoms with Crippen molar-refractivity contribution in [2.24, 2.45) is 17.8 Å². The summed E-state index contributed by atoms with van der Waals surface area (Å²) in [4.78, 5) is 0. The molecule has 2 saturated carbocycles. The highest BCUT2D eigenvalue weighted by Crippen LogP contribution is 2.45. The summed E-state index contributed by atoms with van der Waals surface area (Å²) in [6, 6.07) is 0. The molecule has 2 aliphatic carbocycles. The minimum absolute atomic E-state index is 0.237. The van der Waals surface area contributed by atoms with E-state index < -0.39 is 0 Å². The van der Waals surface area contributed by atoms with Gasteiger partial charge in [-0.2, -0.15) is 0 Å². The van der Waals surface area contributed by atoms with Crippen molar-refractivity contribution in [2.75, 3.05) is 7.11 Å². The van der Waals surface area contributed by atoms with Crippen molar-refractivity contribution in [3.05, 3.63) is 0 Å². The van der Waals surface area contributed by atoms with E-state index in [4.69, 9.17) is 4.74 Å². The fourth-order valence-corrected chi connectivity index (χ4v) is 5.88. The first-order chi connectivity index (χ1) is 12.7. The van der Waals surface area contributed by atoms with Gasteiger partial charge in [0.1, 0.15) is 0 Å². The fraction of sp³-hybridized carbons (Fsp3) is 1.00. The van der Waals surface area contributed by atoms with Crippen molar-refractivity contribution >= 4 is 0 Å². The molecule has 2 fully saturated rings. The zero-order chi connectivity index (χ0) is 18.7. The Morgan fingerprint density at radius 3 is 1.88 bits per heavy atom. The van der Waals surface area contributed by atoms with Gasteiger partial charge in [-0.05, 0) is 62.7 Å². The van der Waals surface area contributed by atoms with E-state index in [1.165, 1.54) is 116 Å². The Balaban J connectivity index is 1.63. The van der Waals surface area contributed by atoms with Crippen LogP contribution in [0.2, 0.25) is 0 Å². The van der Waals surface area contributed by atoms with Crippen LogP contribution in [0.1, 0.15) is 129 Å². The maximum atomic E-state index is 6.05. The van der Waals surface area contributed by atoms with Gasteiger partial charge in [-0.1, -0.05) is 84.5 Å². The average Bonchev–Trinajstić information content (AvgIpc) is 2.69. The number of hydrogen-bond acceptors (Lipinski definition) is 1. The Kier molecular flexibility index (Phi) is 10.6. The van der Waals surface area contributed by atoms with Gasteiger partial charge < -0.3 is 4.74 Å². The smallest absolute Gasteiger partial charge is 0.0679 e. The van der Waals surface area contributed by atoms with Crippen molar-refractivity contribution in [3.8, 4) is 0 Å². The Labute approximate surface area is 165 Å². The predicted molar refractivity (Wildman–Crippen MR) is 115 cm³/mol. The molecule has 154 valence electrons. The molecular formula is C25H48O. The molecule has 0 radical (unpaired) electrons. The molecule has 26 heavy (non-hydrogen) atoms. The molecule has 0 aromatic rings. The number of unbranched alkanes of at least 4 members (excludes halogenated alkanes) is 6. The predicted octanol–water partition coefficient (Wildman–Crippen LogP) is 8.31. The summed E-state index contributed by atoms with van der Waals surface area (Å²) in [7, 11) is 1.97.